The summed E-state index contributed by atoms with van der Waals surface area (Å²) in [5, 5.41) is 8.95. The number of aromatic amines is 1. The lowest BCUT2D eigenvalue weighted by Gasteiger charge is -2.15. The minimum absolute atomic E-state index is 0.0479. The van der Waals surface area contributed by atoms with E-state index in [1.807, 2.05) is 43.3 Å². The Morgan fingerprint density at radius 3 is 2.84 bits per heavy atom. The summed E-state index contributed by atoms with van der Waals surface area (Å²) in [4.78, 5) is 13.9. The molecule has 0 amide bonds. The Labute approximate surface area is 112 Å². The predicted molar refractivity (Wildman–Crippen MR) is 72.5 cm³/mol. The number of carboxylic acid groups (broad SMARTS) is 1. The van der Waals surface area contributed by atoms with E-state index in [-0.39, 0.29) is 12.3 Å². The molecule has 0 bridgehead atoms. The summed E-state index contributed by atoms with van der Waals surface area (Å²) in [5.41, 5.74) is 2.00. The second-order valence-electron chi connectivity index (χ2n) is 4.55. The first-order valence-electron chi connectivity index (χ1n) is 6.19. The first-order valence-corrected chi connectivity index (χ1v) is 6.19. The molecule has 2 rings (SSSR count). The van der Waals surface area contributed by atoms with Crippen molar-refractivity contribution in [1.82, 2.24) is 4.98 Å². The zero-order valence-corrected chi connectivity index (χ0v) is 10.8. The van der Waals surface area contributed by atoms with Crippen LogP contribution >= 0.6 is 0 Å². The summed E-state index contributed by atoms with van der Waals surface area (Å²) in [6.07, 6.45) is 1.84. The third kappa shape index (κ3) is 3.88. The summed E-state index contributed by atoms with van der Waals surface area (Å²) in [6.45, 7) is 2.34. The first kappa shape index (κ1) is 13.2. The summed E-state index contributed by atoms with van der Waals surface area (Å²) in [7, 11) is 0. The van der Waals surface area contributed by atoms with Crippen LogP contribution in [0.25, 0.3) is 0 Å². The van der Waals surface area contributed by atoms with Crippen molar-refractivity contribution in [1.29, 1.82) is 0 Å². The van der Waals surface area contributed by atoms with Crippen molar-refractivity contribution in [3.63, 3.8) is 0 Å². The van der Waals surface area contributed by atoms with Crippen molar-refractivity contribution in [2.24, 2.45) is 0 Å². The van der Waals surface area contributed by atoms with Gasteiger partial charge in [0.25, 0.3) is 0 Å². The van der Waals surface area contributed by atoms with Gasteiger partial charge in [0.05, 0.1) is 13.0 Å². The molecular formula is C15H17NO3. The lowest BCUT2D eigenvalue weighted by Crippen LogP contribution is -2.15. The number of carbonyl (C=O) groups is 1. The van der Waals surface area contributed by atoms with Crippen molar-refractivity contribution < 1.29 is 14.6 Å². The van der Waals surface area contributed by atoms with E-state index in [2.05, 4.69) is 4.98 Å². The number of aromatic nitrogens is 1. The molecule has 19 heavy (non-hydrogen) atoms. The number of rotatable bonds is 6. The molecule has 1 atom stereocenters. The molecule has 0 aliphatic carbocycles. The van der Waals surface area contributed by atoms with Gasteiger partial charge in [-0.05, 0) is 36.8 Å². The fourth-order valence-corrected chi connectivity index (χ4v) is 1.97. The minimum Gasteiger partial charge on any atom is -0.493 e. The Balaban J connectivity index is 2.02. The molecule has 2 aromatic rings. The van der Waals surface area contributed by atoms with E-state index in [1.54, 1.807) is 6.20 Å². The van der Waals surface area contributed by atoms with E-state index in [1.165, 1.54) is 0 Å². The maximum Gasteiger partial charge on any atom is 0.304 e. The van der Waals surface area contributed by atoms with Crippen molar-refractivity contribution in [3.05, 3.63) is 53.9 Å². The third-order valence-electron chi connectivity index (χ3n) is 2.92. The van der Waals surface area contributed by atoms with Crippen LogP contribution in [-0.4, -0.2) is 22.7 Å². The topological polar surface area (TPSA) is 62.3 Å². The molecule has 100 valence electrons. The van der Waals surface area contributed by atoms with Crippen LogP contribution in [0.4, 0.5) is 0 Å². The van der Waals surface area contributed by atoms with Crippen molar-refractivity contribution in [2.45, 2.75) is 19.3 Å². The third-order valence-corrected chi connectivity index (χ3v) is 2.92. The molecule has 0 saturated carbocycles. The van der Waals surface area contributed by atoms with Gasteiger partial charge in [-0.15, -0.1) is 0 Å². The molecule has 4 nitrogen and oxygen atoms in total. The van der Waals surface area contributed by atoms with Crippen LogP contribution in [0.5, 0.6) is 5.75 Å². The van der Waals surface area contributed by atoms with E-state index >= 15 is 0 Å². The molecule has 4 heteroatoms. The Morgan fingerprint density at radius 2 is 2.21 bits per heavy atom. The number of hydrogen-bond acceptors (Lipinski definition) is 2. The Kier molecular flexibility index (Phi) is 4.23. The molecule has 1 aromatic carbocycles. The molecule has 0 saturated heterocycles. The highest BCUT2D eigenvalue weighted by Crippen LogP contribution is 2.21. The molecule has 0 aliphatic rings. The summed E-state index contributed by atoms with van der Waals surface area (Å²) in [6, 6.07) is 11.5. The number of nitrogens with one attached hydrogen (secondary N) is 1. The van der Waals surface area contributed by atoms with Gasteiger partial charge in [-0.1, -0.05) is 12.1 Å². The fraction of sp³-hybridized carbons (Fsp3) is 0.267. The van der Waals surface area contributed by atoms with Crippen molar-refractivity contribution in [2.75, 3.05) is 6.61 Å². The number of hydrogen-bond donors (Lipinski definition) is 2. The fourth-order valence-electron chi connectivity index (χ4n) is 1.97. The van der Waals surface area contributed by atoms with Gasteiger partial charge in [0.15, 0.2) is 0 Å². The van der Waals surface area contributed by atoms with Crippen LogP contribution < -0.4 is 4.74 Å². The van der Waals surface area contributed by atoms with Gasteiger partial charge in [0.2, 0.25) is 0 Å². The zero-order chi connectivity index (χ0) is 13.7. The number of carboxylic acids is 1. The number of benzene rings is 1. The van der Waals surface area contributed by atoms with E-state index in [0.29, 0.717) is 6.61 Å². The summed E-state index contributed by atoms with van der Waals surface area (Å²) < 4.78 is 5.69. The molecular weight excluding hydrogens is 242 g/mol. The first-order chi connectivity index (χ1) is 9.15. The van der Waals surface area contributed by atoms with E-state index < -0.39 is 5.97 Å². The maximum atomic E-state index is 10.9. The van der Waals surface area contributed by atoms with E-state index in [4.69, 9.17) is 9.84 Å². The van der Waals surface area contributed by atoms with Crippen LogP contribution in [-0.2, 0) is 4.79 Å². The van der Waals surface area contributed by atoms with Gasteiger partial charge >= 0.3 is 5.97 Å². The number of H-pyrrole nitrogens is 1. The smallest absolute Gasteiger partial charge is 0.304 e. The van der Waals surface area contributed by atoms with Gasteiger partial charge < -0.3 is 14.8 Å². The van der Waals surface area contributed by atoms with Gasteiger partial charge in [0, 0.05) is 17.8 Å². The molecule has 0 radical (unpaired) electrons. The zero-order valence-electron chi connectivity index (χ0n) is 10.8. The number of aryl methyl sites for hydroxylation is 1. The molecule has 1 aromatic heterocycles. The highest BCUT2D eigenvalue weighted by atomic mass is 16.5. The monoisotopic (exact) mass is 259 g/mol. The summed E-state index contributed by atoms with van der Waals surface area (Å²) >= 11 is 0. The van der Waals surface area contributed by atoms with Gasteiger partial charge in [-0.2, -0.15) is 0 Å². The van der Waals surface area contributed by atoms with Gasteiger partial charge in [-0.25, -0.2) is 0 Å². The molecule has 1 heterocycles. The molecule has 0 fully saturated rings. The molecule has 1 unspecified atom stereocenters. The van der Waals surface area contributed by atoms with Crippen molar-refractivity contribution >= 4 is 5.97 Å². The van der Waals surface area contributed by atoms with E-state index in [9.17, 15) is 4.79 Å². The predicted octanol–water partition coefficient (Wildman–Crippen LogP) is 2.96. The summed E-state index contributed by atoms with van der Waals surface area (Å²) in [5.74, 6) is -0.234. The number of aliphatic carboxylic acids is 1. The van der Waals surface area contributed by atoms with Crippen LogP contribution in [0.1, 0.15) is 23.6 Å². The quantitative estimate of drug-likeness (QED) is 0.838. The lowest BCUT2D eigenvalue weighted by atomic mass is 10.0. The van der Waals surface area contributed by atoms with Crippen LogP contribution in [0.2, 0.25) is 0 Å². The highest BCUT2D eigenvalue weighted by Gasteiger charge is 2.17. The average Bonchev–Trinajstić information content (AvgIpc) is 2.88. The number of ether oxygens (including phenoxy) is 1. The SMILES string of the molecule is Cc1cccc(OCC(CC(=O)O)c2ccc[nH]2)c1. The largest absolute Gasteiger partial charge is 0.493 e. The second-order valence-corrected chi connectivity index (χ2v) is 4.55. The van der Waals surface area contributed by atoms with Gasteiger partial charge in [-0.3, -0.25) is 4.79 Å². The van der Waals surface area contributed by atoms with Crippen LogP contribution in [0, 0.1) is 6.92 Å². The highest BCUT2D eigenvalue weighted by molar-refractivity contribution is 5.67. The lowest BCUT2D eigenvalue weighted by molar-refractivity contribution is -0.137. The molecule has 0 aliphatic heterocycles. The Morgan fingerprint density at radius 1 is 1.37 bits per heavy atom. The van der Waals surface area contributed by atoms with E-state index in [0.717, 1.165) is 17.0 Å². The Hall–Kier alpha value is -2.23. The van der Waals surface area contributed by atoms with Gasteiger partial charge in [0.1, 0.15) is 5.75 Å². The average molecular weight is 259 g/mol. The van der Waals surface area contributed by atoms with Crippen molar-refractivity contribution in [3.8, 4) is 5.75 Å². The Bertz CT molecular complexity index is 534. The molecule has 2 N–H and O–H groups in total. The minimum atomic E-state index is -0.826. The second kappa shape index (κ2) is 6.09. The van der Waals surface area contributed by atoms with Crippen LogP contribution in [0.3, 0.4) is 0 Å². The maximum absolute atomic E-state index is 10.9. The standard InChI is InChI=1S/C15H17NO3/c1-11-4-2-5-13(8-11)19-10-12(9-15(17)18)14-6-3-7-16-14/h2-8,12,16H,9-10H2,1H3,(H,17,18). The van der Waals surface area contributed by atoms with Crippen LogP contribution in [0.15, 0.2) is 42.6 Å². The molecule has 0 spiro atoms. The normalized spacial score (nSPS) is 12.1.